The molecular formula is C5H11ClO3S. The Morgan fingerprint density at radius 2 is 1.90 bits per heavy atom. The lowest BCUT2D eigenvalue weighted by Gasteiger charge is -2.16. The van der Waals surface area contributed by atoms with Gasteiger partial charge in [0.05, 0.1) is 5.75 Å². The standard InChI is InChI=1S/C5H10O3S.ClH/c6-5-3-1-2-4-9(5,7)8;/h5-6H,1-4H2;1H. The van der Waals surface area contributed by atoms with E-state index < -0.39 is 15.3 Å². The first-order chi connectivity index (χ1) is 4.13. The van der Waals surface area contributed by atoms with E-state index >= 15 is 0 Å². The zero-order chi connectivity index (χ0) is 6.91. The highest BCUT2D eigenvalue weighted by Crippen LogP contribution is 2.16. The van der Waals surface area contributed by atoms with Gasteiger partial charge >= 0.3 is 0 Å². The van der Waals surface area contributed by atoms with Gasteiger partial charge in [0.25, 0.3) is 0 Å². The second-order valence-corrected chi connectivity index (χ2v) is 4.60. The van der Waals surface area contributed by atoms with Crippen molar-refractivity contribution >= 4 is 22.2 Å². The van der Waals surface area contributed by atoms with E-state index in [2.05, 4.69) is 0 Å². The van der Waals surface area contributed by atoms with Gasteiger partial charge in [0, 0.05) is 0 Å². The predicted molar refractivity (Wildman–Crippen MR) is 40.9 cm³/mol. The van der Waals surface area contributed by atoms with Gasteiger partial charge in [-0.2, -0.15) is 0 Å². The Hall–Kier alpha value is 0.200. The van der Waals surface area contributed by atoms with E-state index in [4.69, 9.17) is 5.11 Å². The van der Waals surface area contributed by atoms with Gasteiger partial charge in [0.15, 0.2) is 15.3 Å². The summed E-state index contributed by atoms with van der Waals surface area (Å²) in [5.74, 6) is 0.161. The molecule has 0 spiro atoms. The van der Waals surface area contributed by atoms with Crippen LogP contribution in [-0.4, -0.2) is 24.7 Å². The smallest absolute Gasteiger partial charge is 0.176 e. The molecule has 1 aliphatic heterocycles. The Kier molecular flexibility index (Phi) is 3.62. The van der Waals surface area contributed by atoms with Crippen molar-refractivity contribution in [3.05, 3.63) is 0 Å². The maximum absolute atomic E-state index is 10.7. The van der Waals surface area contributed by atoms with Crippen LogP contribution in [0.1, 0.15) is 19.3 Å². The molecule has 1 atom stereocenters. The number of hydrogen-bond donors (Lipinski definition) is 1. The summed E-state index contributed by atoms with van der Waals surface area (Å²) in [6, 6.07) is 0. The van der Waals surface area contributed by atoms with Gasteiger partial charge in [-0.3, -0.25) is 0 Å². The van der Waals surface area contributed by atoms with Gasteiger partial charge in [-0.15, -0.1) is 12.4 Å². The van der Waals surface area contributed by atoms with Crippen LogP contribution in [0.25, 0.3) is 0 Å². The topological polar surface area (TPSA) is 54.4 Å². The minimum atomic E-state index is -3.11. The summed E-state index contributed by atoms with van der Waals surface area (Å²) in [4.78, 5) is 0. The third-order valence-corrected chi connectivity index (χ3v) is 3.47. The minimum Gasteiger partial charge on any atom is -0.377 e. The summed E-state index contributed by atoms with van der Waals surface area (Å²) < 4.78 is 21.5. The fourth-order valence-electron chi connectivity index (χ4n) is 0.938. The van der Waals surface area contributed by atoms with Crippen molar-refractivity contribution in [3.63, 3.8) is 0 Å². The summed E-state index contributed by atoms with van der Waals surface area (Å²) in [6.45, 7) is 0. The maximum atomic E-state index is 10.7. The van der Waals surface area contributed by atoms with Crippen LogP contribution >= 0.6 is 12.4 Å². The SMILES string of the molecule is Cl.O=S1(=O)CCCCC1O. The van der Waals surface area contributed by atoms with Crippen molar-refractivity contribution in [2.75, 3.05) is 5.75 Å². The molecule has 0 saturated carbocycles. The quantitative estimate of drug-likeness (QED) is 0.593. The molecule has 3 nitrogen and oxygen atoms in total. The van der Waals surface area contributed by atoms with Crippen LogP contribution in [0.15, 0.2) is 0 Å². The highest BCUT2D eigenvalue weighted by atomic mass is 35.5. The second-order valence-electron chi connectivity index (χ2n) is 2.32. The summed E-state index contributed by atoms with van der Waals surface area (Å²) in [5.41, 5.74) is -1.08. The van der Waals surface area contributed by atoms with Crippen LogP contribution in [0, 0.1) is 0 Å². The van der Waals surface area contributed by atoms with E-state index in [1.807, 2.05) is 0 Å². The van der Waals surface area contributed by atoms with Crippen molar-refractivity contribution in [1.82, 2.24) is 0 Å². The Morgan fingerprint density at radius 3 is 2.20 bits per heavy atom. The molecule has 0 aromatic carbocycles. The van der Waals surface area contributed by atoms with Gasteiger partial charge in [-0.05, 0) is 19.3 Å². The average molecular weight is 187 g/mol. The van der Waals surface area contributed by atoms with Crippen LogP contribution in [0.4, 0.5) is 0 Å². The lowest BCUT2D eigenvalue weighted by atomic mass is 10.2. The minimum absolute atomic E-state index is 0. The van der Waals surface area contributed by atoms with E-state index in [0.717, 1.165) is 6.42 Å². The molecule has 62 valence electrons. The first kappa shape index (κ1) is 10.2. The lowest BCUT2D eigenvalue weighted by molar-refractivity contribution is 0.228. The molecule has 10 heavy (non-hydrogen) atoms. The maximum Gasteiger partial charge on any atom is 0.176 e. The summed E-state index contributed by atoms with van der Waals surface area (Å²) in [6.07, 6.45) is 1.96. The van der Waals surface area contributed by atoms with E-state index in [-0.39, 0.29) is 18.2 Å². The van der Waals surface area contributed by atoms with E-state index in [9.17, 15) is 8.42 Å². The number of rotatable bonds is 0. The Morgan fingerprint density at radius 1 is 1.30 bits per heavy atom. The fraction of sp³-hybridized carbons (Fsp3) is 1.00. The Bertz CT molecular complexity index is 187. The third kappa shape index (κ3) is 2.11. The molecule has 1 saturated heterocycles. The predicted octanol–water partition coefficient (Wildman–Crippen LogP) is 0.325. The van der Waals surface area contributed by atoms with Crippen molar-refractivity contribution in [2.24, 2.45) is 0 Å². The second kappa shape index (κ2) is 3.55. The molecule has 1 N–H and O–H groups in total. The van der Waals surface area contributed by atoms with Crippen molar-refractivity contribution in [1.29, 1.82) is 0 Å². The molecule has 1 aliphatic rings. The van der Waals surface area contributed by atoms with Gasteiger partial charge in [0.2, 0.25) is 0 Å². The van der Waals surface area contributed by atoms with Gasteiger partial charge < -0.3 is 5.11 Å². The molecule has 0 aliphatic carbocycles. The van der Waals surface area contributed by atoms with E-state index in [0.29, 0.717) is 12.8 Å². The third-order valence-electron chi connectivity index (χ3n) is 1.54. The van der Waals surface area contributed by atoms with Crippen LogP contribution in [-0.2, 0) is 9.84 Å². The molecule has 1 unspecified atom stereocenters. The molecule has 0 bridgehead atoms. The number of halogens is 1. The largest absolute Gasteiger partial charge is 0.377 e. The van der Waals surface area contributed by atoms with Gasteiger partial charge in [0.1, 0.15) is 0 Å². The number of hydrogen-bond acceptors (Lipinski definition) is 3. The normalized spacial score (nSPS) is 30.7. The number of sulfone groups is 1. The van der Waals surface area contributed by atoms with Gasteiger partial charge in [-0.25, -0.2) is 8.42 Å². The Balaban J connectivity index is 0.000000810. The zero-order valence-corrected chi connectivity index (χ0v) is 7.12. The first-order valence-electron chi connectivity index (χ1n) is 3.02. The van der Waals surface area contributed by atoms with E-state index in [1.54, 1.807) is 0 Å². The summed E-state index contributed by atoms with van der Waals surface area (Å²) in [5, 5.41) is 8.85. The molecule has 5 heteroatoms. The van der Waals surface area contributed by atoms with Crippen molar-refractivity contribution in [2.45, 2.75) is 24.7 Å². The monoisotopic (exact) mass is 186 g/mol. The first-order valence-corrected chi connectivity index (χ1v) is 4.74. The van der Waals surface area contributed by atoms with E-state index in [1.165, 1.54) is 0 Å². The van der Waals surface area contributed by atoms with Crippen molar-refractivity contribution in [3.8, 4) is 0 Å². The highest BCUT2D eigenvalue weighted by molar-refractivity contribution is 7.91. The van der Waals surface area contributed by atoms with Crippen LogP contribution in [0.2, 0.25) is 0 Å². The molecule has 1 rings (SSSR count). The van der Waals surface area contributed by atoms with Crippen LogP contribution in [0.5, 0.6) is 0 Å². The number of aliphatic hydroxyl groups excluding tert-OH is 1. The molecular weight excluding hydrogens is 176 g/mol. The molecule has 0 radical (unpaired) electrons. The molecule has 0 aromatic heterocycles. The highest BCUT2D eigenvalue weighted by Gasteiger charge is 2.25. The van der Waals surface area contributed by atoms with Gasteiger partial charge in [-0.1, -0.05) is 0 Å². The molecule has 1 fully saturated rings. The summed E-state index contributed by atoms with van der Waals surface area (Å²) >= 11 is 0. The molecule has 1 heterocycles. The zero-order valence-electron chi connectivity index (χ0n) is 5.49. The lowest BCUT2D eigenvalue weighted by Crippen LogP contribution is -2.27. The van der Waals surface area contributed by atoms with Crippen molar-refractivity contribution < 1.29 is 13.5 Å². The number of aliphatic hydroxyl groups is 1. The molecule has 0 aromatic rings. The summed E-state index contributed by atoms with van der Waals surface area (Å²) in [7, 11) is -3.11. The fourth-order valence-corrected chi connectivity index (χ4v) is 2.34. The average Bonchev–Trinajstić information content (AvgIpc) is 1.77. The van der Waals surface area contributed by atoms with Crippen LogP contribution in [0.3, 0.4) is 0 Å². The van der Waals surface area contributed by atoms with Crippen LogP contribution < -0.4 is 0 Å². The molecule has 0 amide bonds. The Labute approximate surface area is 66.8 Å².